The Hall–Kier alpha value is -2.50. The van der Waals surface area contributed by atoms with E-state index in [4.69, 9.17) is 14.0 Å². The van der Waals surface area contributed by atoms with Crippen molar-refractivity contribution in [3.05, 3.63) is 35.0 Å². The van der Waals surface area contributed by atoms with Gasteiger partial charge in [-0.2, -0.15) is 0 Å². The molecule has 1 N–H and O–H groups in total. The molecule has 2 aromatic rings. The number of rotatable bonds is 4. The van der Waals surface area contributed by atoms with Crippen molar-refractivity contribution in [1.82, 2.24) is 5.16 Å². The van der Waals surface area contributed by atoms with Gasteiger partial charge in [0.2, 0.25) is 5.88 Å². The van der Waals surface area contributed by atoms with Crippen LogP contribution in [-0.4, -0.2) is 25.3 Å². The molecule has 0 radical (unpaired) electrons. The van der Waals surface area contributed by atoms with Crippen LogP contribution in [0.25, 0.3) is 0 Å². The van der Waals surface area contributed by atoms with Gasteiger partial charge >= 0.3 is 0 Å². The zero-order valence-electron chi connectivity index (χ0n) is 12.6. The van der Waals surface area contributed by atoms with Crippen molar-refractivity contribution >= 4 is 11.8 Å². The smallest absolute Gasteiger partial charge is 0.258 e. The average Bonchev–Trinajstić information content (AvgIpc) is 2.97. The first-order valence-corrected chi connectivity index (χ1v) is 7.23. The van der Waals surface area contributed by atoms with Crippen LogP contribution in [0.2, 0.25) is 0 Å². The number of aryl methyl sites for hydroxylation is 1. The fourth-order valence-electron chi connectivity index (χ4n) is 2.64. The highest BCUT2D eigenvalue weighted by atomic mass is 16.5. The largest absolute Gasteiger partial charge is 0.493 e. The fraction of sp³-hybridized carbons (Fsp3) is 0.375. The number of hydrogen-bond donors (Lipinski definition) is 1. The van der Waals surface area contributed by atoms with Crippen molar-refractivity contribution in [2.24, 2.45) is 0 Å². The van der Waals surface area contributed by atoms with Crippen LogP contribution in [0.4, 0.5) is 5.88 Å². The molecule has 1 aromatic carbocycles. The SMILES string of the molecule is COc1ccc(C(=O)Nc2onc3c2CCCC3)cc1OC. The lowest BCUT2D eigenvalue weighted by atomic mass is 9.97. The maximum absolute atomic E-state index is 12.4. The van der Waals surface area contributed by atoms with Gasteiger partial charge in [-0.25, -0.2) is 0 Å². The topological polar surface area (TPSA) is 73.6 Å². The van der Waals surface area contributed by atoms with Crippen LogP contribution in [0.15, 0.2) is 22.7 Å². The van der Waals surface area contributed by atoms with E-state index in [2.05, 4.69) is 10.5 Å². The Balaban J connectivity index is 1.81. The first-order chi connectivity index (χ1) is 10.7. The van der Waals surface area contributed by atoms with Crippen LogP contribution in [-0.2, 0) is 12.8 Å². The summed E-state index contributed by atoms with van der Waals surface area (Å²) in [5.41, 5.74) is 2.44. The third kappa shape index (κ3) is 2.64. The highest BCUT2D eigenvalue weighted by molar-refractivity contribution is 6.04. The minimum atomic E-state index is -0.259. The molecule has 0 atom stereocenters. The molecule has 6 heteroatoms. The number of benzene rings is 1. The molecule has 1 aliphatic carbocycles. The molecule has 6 nitrogen and oxygen atoms in total. The Morgan fingerprint density at radius 2 is 1.95 bits per heavy atom. The maximum atomic E-state index is 12.4. The lowest BCUT2D eigenvalue weighted by Gasteiger charge is -2.11. The molecule has 0 fully saturated rings. The normalized spacial score (nSPS) is 13.4. The number of methoxy groups -OCH3 is 2. The molecule has 0 aliphatic heterocycles. The first-order valence-electron chi connectivity index (χ1n) is 7.23. The summed E-state index contributed by atoms with van der Waals surface area (Å²) < 4.78 is 15.7. The minimum Gasteiger partial charge on any atom is -0.493 e. The van der Waals surface area contributed by atoms with Crippen molar-refractivity contribution in [3.8, 4) is 11.5 Å². The summed E-state index contributed by atoms with van der Waals surface area (Å²) in [5.74, 6) is 1.28. The third-order valence-corrected chi connectivity index (χ3v) is 3.83. The van der Waals surface area contributed by atoms with Crippen molar-refractivity contribution < 1.29 is 18.8 Å². The van der Waals surface area contributed by atoms with Gasteiger partial charge < -0.3 is 14.0 Å². The van der Waals surface area contributed by atoms with Gasteiger partial charge in [0.05, 0.1) is 19.9 Å². The Morgan fingerprint density at radius 3 is 2.73 bits per heavy atom. The Labute approximate surface area is 128 Å². The van der Waals surface area contributed by atoms with Crippen LogP contribution >= 0.6 is 0 Å². The maximum Gasteiger partial charge on any atom is 0.258 e. The Morgan fingerprint density at radius 1 is 1.18 bits per heavy atom. The molecule has 1 aromatic heterocycles. The van der Waals surface area contributed by atoms with E-state index in [0.29, 0.717) is 22.9 Å². The van der Waals surface area contributed by atoms with E-state index >= 15 is 0 Å². The molecule has 1 amide bonds. The number of hydrogen-bond acceptors (Lipinski definition) is 5. The molecule has 1 aliphatic rings. The summed E-state index contributed by atoms with van der Waals surface area (Å²) in [6, 6.07) is 5.01. The molecule has 0 saturated carbocycles. The van der Waals surface area contributed by atoms with E-state index < -0.39 is 0 Å². The molecule has 116 valence electrons. The van der Waals surface area contributed by atoms with Crippen LogP contribution in [0.1, 0.15) is 34.5 Å². The average molecular weight is 302 g/mol. The number of aromatic nitrogens is 1. The van der Waals surface area contributed by atoms with Gasteiger partial charge in [0.15, 0.2) is 11.5 Å². The summed E-state index contributed by atoms with van der Waals surface area (Å²) in [6.07, 6.45) is 4.00. The summed E-state index contributed by atoms with van der Waals surface area (Å²) in [6.45, 7) is 0. The Kier molecular flexibility index (Phi) is 4.00. The molecular formula is C16H18N2O4. The highest BCUT2D eigenvalue weighted by Crippen LogP contribution is 2.30. The van der Waals surface area contributed by atoms with Gasteiger partial charge in [-0.1, -0.05) is 5.16 Å². The van der Waals surface area contributed by atoms with E-state index in [0.717, 1.165) is 36.9 Å². The molecular weight excluding hydrogens is 284 g/mol. The van der Waals surface area contributed by atoms with E-state index in [1.165, 1.54) is 7.11 Å². The summed E-state index contributed by atoms with van der Waals surface area (Å²) in [5, 5.41) is 6.82. The highest BCUT2D eigenvalue weighted by Gasteiger charge is 2.21. The lowest BCUT2D eigenvalue weighted by Crippen LogP contribution is -2.13. The lowest BCUT2D eigenvalue weighted by molar-refractivity contribution is 0.102. The standard InChI is InChI=1S/C16H18N2O4/c1-20-13-8-7-10(9-14(13)21-2)15(19)17-16-11-5-3-4-6-12(11)18-22-16/h7-9H,3-6H2,1-2H3,(H,17,19). The van der Waals surface area contributed by atoms with Crippen molar-refractivity contribution in [2.45, 2.75) is 25.7 Å². The van der Waals surface area contributed by atoms with Crippen molar-refractivity contribution in [2.75, 3.05) is 19.5 Å². The quantitative estimate of drug-likeness (QED) is 0.940. The molecule has 3 rings (SSSR count). The zero-order chi connectivity index (χ0) is 15.5. The van der Waals surface area contributed by atoms with Crippen LogP contribution in [0.3, 0.4) is 0 Å². The predicted molar refractivity (Wildman–Crippen MR) is 80.6 cm³/mol. The minimum absolute atomic E-state index is 0.259. The first kappa shape index (κ1) is 14.4. The summed E-state index contributed by atoms with van der Waals surface area (Å²) in [7, 11) is 3.09. The summed E-state index contributed by atoms with van der Waals surface area (Å²) in [4.78, 5) is 12.4. The van der Waals surface area contributed by atoms with Gasteiger partial charge in [-0.15, -0.1) is 0 Å². The number of anilines is 1. The number of nitrogens with one attached hydrogen (secondary N) is 1. The monoisotopic (exact) mass is 302 g/mol. The van der Waals surface area contributed by atoms with Crippen LogP contribution < -0.4 is 14.8 Å². The number of amides is 1. The van der Waals surface area contributed by atoms with E-state index in [-0.39, 0.29) is 5.91 Å². The molecule has 22 heavy (non-hydrogen) atoms. The van der Waals surface area contributed by atoms with Gasteiger partial charge in [0.25, 0.3) is 5.91 Å². The second-order valence-corrected chi connectivity index (χ2v) is 5.17. The molecule has 1 heterocycles. The van der Waals surface area contributed by atoms with Gasteiger partial charge in [0.1, 0.15) is 0 Å². The second-order valence-electron chi connectivity index (χ2n) is 5.17. The predicted octanol–water partition coefficient (Wildman–Crippen LogP) is 2.82. The number of carbonyl (C=O) groups excluding carboxylic acids is 1. The number of ether oxygens (including phenoxy) is 2. The van der Waals surface area contributed by atoms with E-state index in [1.807, 2.05) is 0 Å². The molecule has 0 bridgehead atoms. The van der Waals surface area contributed by atoms with Crippen LogP contribution in [0, 0.1) is 0 Å². The molecule has 0 spiro atoms. The van der Waals surface area contributed by atoms with Crippen molar-refractivity contribution in [1.29, 1.82) is 0 Å². The van der Waals surface area contributed by atoms with Gasteiger partial charge in [0, 0.05) is 11.1 Å². The molecule has 0 unspecified atom stereocenters. The fourth-order valence-corrected chi connectivity index (χ4v) is 2.64. The third-order valence-electron chi connectivity index (χ3n) is 3.83. The van der Waals surface area contributed by atoms with Crippen molar-refractivity contribution in [3.63, 3.8) is 0 Å². The van der Waals surface area contributed by atoms with E-state index in [1.54, 1.807) is 25.3 Å². The van der Waals surface area contributed by atoms with Gasteiger partial charge in [-0.05, 0) is 43.9 Å². The van der Waals surface area contributed by atoms with Gasteiger partial charge in [-0.3, -0.25) is 10.1 Å². The second kappa shape index (κ2) is 6.09. The molecule has 0 saturated heterocycles. The number of fused-ring (bicyclic) bond motifs is 1. The zero-order valence-corrected chi connectivity index (χ0v) is 12.6. The summed E-state index contributed by atoms with van der Waals surface area (Å²) >= 11 is 0. The number of carbonyl (C=O) groups is 1. The Bertz CT molecular complexity index is 693. The number of nitrogens with zero attached hydrogens (tertiary/aromatic N) is 1. The van der Waals surface area contributed by atoms with Crippen LogP contribution in [0.5, 0.6) is 11.5 Å². The van der Waals surface area contributed by atoms with E-state index in [9.17, 15) is 4.79 Å².